The van der Waals surface area contributed by atoms with Gasteiger partial charge >= 0.3 is 11.9 Å². The third-order valence-electron chi connectivity index (χ3n) is 8.42. The minimum atomic E-state index is -1.76. The first kappa shape index (κ1) is 42.7. The largest absolute Gasteiger partial charge is 0.453 e. The molecule has 48 heavy (non-hydrogen) atoms. The molecule has 2 aliphatic heterocycles. The molecule has 0 saturated carbocycles. The quantitative estimate of drug-likeness (QED) is 0.0250. The summed E-state index contributed by atoms with van der Waals surface area (Å²) in [6.07, 6.45) is -8.33. The molecule has 0 aromatic rings. The Morgan fingerprint density at radius 1 is 0.854 bits per heavy atom. The van der Waals surface area contributed by atoms with Gasteiger partial charge in [-0.2, -0.15) is 0 Å². The lowest BCUT2D eigenvalue weighted by Crippen LogP contribution is -2.65. The normalized spacial score (nSPS) is 32.4. The van der Waals surface area contributed by atoms with Gasteiger partial charge in [-0.1, -0.05) is 70.9 Å². The van der Waals surface area contributed by atoms with Crippen molar-refractivity contribution in [1.29, 1.82) is 0 Å². The number of hydrogen-bond donors (Lipinski definition) is 6. The van der Waals surface area contributed by atoms with E-state index in [0.29, 0.717) is 12.3 Å². The van der Waals surface area contributed by atoms with Crippen LogP contribution in [-0.4, -0.2) is 117 Å². The van der Waals surface area contributed by atoms with Crippen molar-refractivity contribution in [3.8, 4) is 0 Å². The van der Waals surface area contributed by atoms with Crippen molar-refractivity contribution >= 4 is 24.3 Å². The van der Waals surface area contributed by atoms with Gasteiger partial charge in [0.25, 0.3) is 0 Å². The highest BCUT2D eigenvalue weighted by molar-refractivity contribution is 7.89. The molecule has 2 aliphatic rings. The second kappa shape index (κ2) is 22.4. The van der Waals surface area contributed by atoms with Gasteiger partial charge in [-0.3, -0.25) is 8.98 Å². The lowest BCUT2D eigenvalue weighted by molar-refractivity contribution is -0.435. The van der Waals surface area contributed by atoms with Gasteiger partial charge in [0.1, 0.15) is 30.5 Å². The Labute approximate surface area is 285 Å². The van der Waals surface area contributed by atoms with Crippen LogP contribution in [0.1, 0.15) is 86.0 Å². The van der Waals surface area contributed by atoms with Gasteiger partial charge in [-0.25, -0.2) is 10.1 Å². The Kier molecular flexibility index (Phi) is 19.9. The summed E-state index contributed by atoms with van der Waals surface area (Å²) < 4.78 is 38.2. The van der Waals surface area contributed by atoms with E-state index < -0.39 is 86.6 Å². The maximum Gasteiger partial charge on any atom is 0.333 e. The van der Waals surface area contributed by atoms with E-state index in [2.05, 4.69) is 30.1 Å². The van der Waals surface area contributed by atoms with Crippen molar-refractivity contribution in [3.63, 3.8) is 0 Å². The number of carbonyl (C=O) groups is 2. The van der Waals surface area contributed by atoms with Crippen LogP contribution < -0.4 is 0 Å². The van der Waals surface area contributed by atoms with Crippen LogP contribution in [0.2, 0.25) is 0 Å². The number of rotatable bonds is 21. The lowest BCUT2D eigenvalue weighted by Gasteiger charge is -2.46. The lowest BCUT2D eigenvalue weighted by atomic mass is 9.94. The molecule has 0 aromatic carbocycles. The third kappa shape index (κ3) is 13.0. The number of aliphatic hydroxyl groups is 5. The number of hydrogen-bond acceptors (Lipinski definition) is 17. The zero-order valence-electron chi connectivity index (χ0n) is 28.3. The summed E-state index contributed by atoms with van der Waals surface area (Å²) in [6, 6.07) is 0. The van der Waals surface area contributed by atoms with Crippen LogP contribution in [0.3, 0.4) is 0 Å². The highest BCUT2D eigenvalue weighted by Gasteiger charge is 2.54. The van der Waals surface area contributed by atoms with Crippen molar-refractivity contribution in [2.45, 2.75) is 147 Å². The highest BCUT2D eigenvalue weighted by atomic mass is 32.2. The van der Waals surface area contributed by atoms with E-state index in [0.717, 1.165) is 38.5 Å². The zero-order chi connectivity index (χ0) is 35.8. The summed E-state index contributed by atoms with van der Waals surface area (Å²) in [5.74, 6) is -1.05. The summed E-state index contributed by atoms with van der Waals surface area (Å²) in [7, 11) is 0. The molecule has 10 unspecified atom stereocenters. The number of unbranched alkanes of at least 4 members (excludes halogenated alkanes) is 4. The number of esters is 2. The van der Waals surface area contributed by atoms with Gasteiger partial charge in [-0.15, -0.1) is 4.33 Å². The maximum absolute atomic E-state index is 13.3. The molecule has 0 bridgehead atoms. The Morgan fingerprint density at radius 2 is 1.48 bits per heavy atom. The summed E-state index contributed by atoms with van der Waals surface area (Å²) in [5, 5.41) is 64.0. The van der Waals surface area contributed by atoms with Gasteiger partial charge in [0, 0.05) is 12.0 Å². The van der Waals surface area contributed by atoms with Gasteiger partial charge in [0.05, 0.1) is 13.2 Å². The van der Waals surface area contributed by atoms with E-state index in [4.69, 9.17) is 33.1 Å². The summed E-state index contributed by atoms with van der Waals surface area (Å²) in [4.78, 5) is 26.4. The second-order valence-corrected chi connectivity index (χ2v) is 12.9. The maximum atomic E-state index is 13.3. The molecular formula is C31H54O16S. The molecule has 2 fully saturated rings. The fourth-order valence-corrected chi connectivity index (χ4v) is 5.90. The molecule has 2 saturated heterocycles. The first-order chi connectivity index (χ1) is 22.9. The topological polar surface area (TPSA) is 229 Å². The summed E-state index contributed by atoms with van der Waals surface area (Å²) >= 11 is 0.0458. The molecule has 0 amide bonds. The third-order valence-corrected chi connectivity index (χ3v) is 8.84. The number of carbonyl (C=O) groups excluding carboxylic acids is 2. The minimum Gasteiger partial charge on any atom is -0.453 e. The van der Waals surface area contributed by atoms with Crippen molar-refractivity contribution in [3.05, 3.63) is 11.6 Å². The Morgan fingerprint density at radius 3 is 2.08 bits per heavy atom. The Hall–Kier alpha value is -1.45. The molecule has 17 heteroatoms. The molecular weight excluding hydrogens is 660 g/mol. The molecule has 6 N–H and O–H groups in total. The van der Waals surface area contributed by atoms with Gasteiger partial charge in [0.2, 0.25) is 6.29 Å². The fraction of sp³-hybridized carbons (Fsp3) is 0.871. The average Bonchev–Trinajstić information content (AvgIpc) is 3.06. The average molecular weight is 715 g/mol. The Bertz CT molecular complexity index is 971. The molecule has 12 atom stereocenters. The van der Waals surface area contributed by atoms with Crippen molar-refractivity contribution in [2.24, 2.45) is 11.8 Å². The first-order valence-corrected chi connectivity index (χ1v) is 17.2. The van der Waals surface area contributed by atoms with Crippen LogP contribution in [0.25, 0.3) is 0 Å². The van der Waals surface area contributed by atoms with Crippen molar-refractivity contribution in [2.75, 3.05) is 13.2 Å². The van der Waals surface area contributed by atoms with Gasteiger partial charge in [-0.05, 0) is 31.6 Å². The molecule has 2 heterocycles. The molecule has 2 rings (SSSR count). The standard InChI is InChI=1S/C31H54O16S/c1-6-8-9-10-11-12-22(34)42-28-26(43-29(38)19(5)14-18(4)13-17(3)7-2)24(36)21(16-33)41-31(28)44-30-27(45-48-47-46-39)25(37)23(35)20(15-32)40-30/h14,17-18,20-21,23-28,30-33,35-37,39H,6-13,15-16H2,1-5H3/t17-,18-,20?,21?,23?,24?,25?,26?,27?,28?,30?,31?/m0/s1. The number of aliphatic hydroxyl groups excluding tert-OH is 5. The Balaban J connectivity index is 2.41. The fourth-order valence-electron chi connectivity index (χ4n) is 5.55. The minimum absolute atomic E-state index is 0.00250. The van der Waals surface area contributed by atoms with Gasteiger partial charge in [0.15, 0.2) is 36.9 Å². The molecule has 16 nitrogen and oxygen atoms in total. The van der Waals surface area contributed by atoms with Crippen molar-refractivity contribution in [1.82, 2.24) is 0 Å². The molecule has 0 spiro atoms. The number of ether oxygens (including phenoxy) is 5. The van der Waals surface area contributed by atoms with E-state index >= 15 is 0 Å². The van der Waals surface area contributed by atoms with Crippen LogP contribution in [-0.2, 0) is 46.8 Å². The van der Waals surface area contributed by atoms with E-state index in [-0.39, 0.29) is 30.2 Å². The van der Waals surface area contributed by atoms with Gasteiger partial charge < -0.3 is 49.2 Å². The van der Waals surface area contributed by atoms with Crippen LogP contribution in [0.15, 0.2) is 11.6 Å². The van der Waals surface area contributed by atoms with Crippen LogP contribution in [0.4, 0.5) is 0 Å². The first-order valence-electron chi connectivity index (χ1n) is 16.5. The van der Waals surface area contributed by atoms with E-state index in [1.165, 1.54) is 0 Å². The van der Waals surface area contributed by atoms with E-state index in [1.54, 1.807) is 13.0 Å². The summed E-state index contributed by atoms with van der Waals surface area (Å²) in [6.45, 7) is 8.25. The van der Waals surface area contributed by atoms with Crippen LogP contribution >= 0.6 is 12.3 Å². The summed E-state index contributed by atoms with van der Waals surface area (Å²) in [5.41, 5.74) is 0.249. The van der Waals surface area contributed by atoms with Crippen LogP contribution in [0, 0.1) is 11.8 Å². The molecule has 0 aliphatic carbocycles. The van der Waals surface area contributed by atoms with E-state index in [9.17, 15) is 35.1 Å². The zero-order valence-corrected chi connectivity index (χ0v) is 29.1. The second-order valence-electron chi connectivity index (χ2n) is 12.4. The predicted octanol–water partition coefficient (Wildman–Crippen LogP) is 2.09. The van der Waals surface area contributed by atoms with Crippen LogP contribution in [0.5, 0.6) is 0 Å². The highest BCUT2D eigenvalue weighted by Crippen LogP contribution is 2.34. The van der Waals surface area contributed by atoms with E-state index in [1.807, 2.05) is 6.92 Å². The SMILES string of the molecule is CCCCCCCC(=O)OC1C(OC2OC(CO)C(O)C(O)C2OSOOO)OC(CO)C(O)C1OC(=O)C(C)=C[C@@H](C)C[C@@H](C)CC. The number of allylic oxidation sites excluding steroid dienone is 1. The predicted molar refractivity (Wildman–Crippen MR) is 168 cm³/mol. The molecule has 0 aromatic heterocycles. The van der Waals surface area contributed by atoms with Crippen molar-refractivity contribution < 1.29 is 77.6 Å². The smallest absolute Gasteiger partial charge is 0.333 e. The monoisotopic (exact) mass is 714 g/mol. The molecule has 280 valence electrons. The molecule has 0 radical (unpaired) electrons.